The van der Waals surface area contributed by atoms with Crippen molar-refractivity contribution in [3.8, 4) is 0 Å². The molecule has 21 heavy (non-hydrogen) atoms. The van der Waals surface area contributed by atoms with E-state index in [2.05, 4.69) is 53.3 Å². The number of nitrogens with one attached hydrogen (secondary N) is 1. The van der Waals surface area contributed by atoms with Crippen molar-refractivity contribution in [3.05, 3.63) is 67.6 Å². The summed E-state index contributed by atoms with van der Waals surface area (Å²) in [6, 6.07) is 12.0. The van der Waals surface area contributed by atoms with Crippen LogP contribution in [-0.2, 0) is 0 Å². The summed E-state index contributed by atoms with van der Waals surface area (Å²) in [7, 11) is 0. The Balaban J connectivity index is 2.49. The van der Waals surface area contributed by atoms with Crippen LogP contribution >= 0.6 is 39.1 Å². The third-order valence-corrected chi connectivity index (χ3v) is 4.91. The predicted octanol–water partition coefficient (Wildman–Crippen LogP) is 6.15. The highest BCUT2D eigenvalue weighted by Gasteiger charge is 2.19. The van der Waals surface area contributed by atoms with E-state index >= 15 is 0 Å². The second kappa shape index (κ2) is 7.64. The molecule has 2 rings (SSSR count). The molecule has 1 unspecified atom stereocenters. The first-order valence-electron chi connectivity index (χ1n) is 6.98. The van der Waals surface area contributed by atoms with Crippen molar-refractivity contribution in [2.45, 2.75) is 26.3 Å². The van der Waals surface area contributed by atoms with Crippen LogP contribution in [0.3, 0.4) is 0 Å². The fourth-order valence-corrected chi connectivity index (χ4v) is 3.25. The molecule has 1 nitrogen and oxygen atoms in total. The maximum absolute atomic E-state index is 6.41. The number of benzene rings is 2. The highest BCUT2D eigenvalue weighted by molar-refractivity contribution is 9.10. The molecule has 0 aliphatic carbocycles. The molecule has 0 fully saturated rings. The minimum Gasteiger partial charge on any atom is -0.306 e. The van der Waals surface area contributed by atoms with Crippen LogP contribution in [0.1, 0.15) is 36.1 Å². The topological polar surface area (TPSA) is 12.0 Å². The lowest BCUT2D eigenvalue weighted by Gasteiger charge is -2.23. The SMILES string of the molecule is CCCNC(c1ccc(Cl)cc1Cl)c1cccc(Br)c1C. The lowest BCUT2D eigenvalue weighted by molar-refractivity contribution is 0.596. The Hall–Kier alpha value is -0.540. The molecule has 0 spiro atoms. The third kappa shape index (κ3) is 4.01. The van der Waals surface area contributed by atoms with E-state index in [1.54, 1.807) is 6.07 Å². The predicted molar refractivity (Wildman–Crippen MR) is 95.5 cm³/mol. The van der Waals surface area contributed by atoms with Crippen molar-refractivity contribution >= 4 is 39.1 Å². The molecule has 0 saturated carbocycles. The second-order valence-corrected chi connectivity index (χ2v) is 6.71. The molecule has 0 heterocycles. The summed E-state index contributed by atoms with van der Waals surface area (Å²) >= 11 is 16.0. The Bertz CT molecular complexity index is 628. The summed E-state index contributed by atoms with van der Waals surface area (Å²) in [5, 5.41) is 4.93. The molecule has 1 atom stereocenters. The van der Waals surface area contributed by atoms with E-state index in [1.807, 2.05) is 12.1 Å². The van der Waals surface area contributed by atoms with Gasteiger partial charge in [0, 0.05) is 14.5 Å². The summed E-state index contributed by atoms with van der Waals surface area (Å²) in [5.74, 6) is 0. The maximum atomic E-state index is 6.41. The summed E-state index contributed by atoms with van der Waals surface area (Å²) in [6.07, 6.45) is 1.06. The average molecular weight is 387 g/mol. The first kappa shape index (κ1) is 16.8. The van der Waals surface area contributed by atoms with Gasteiger partial charge in [0.15, 0.2) is 0 Å². The van der Waals surface area contributed by atoms with Crippen molar-refractivity contribution in [1.29, 1.82) is 0 Å². The fraction of sp³-hybridized carbons (Fsp3) is 0.294. The molecular weight excluding hydrogens is 369 g/mol. The van der Waals surface area contributed by atoms with E-state index in [-0.39, 0.29) is 6.04 Å². The fourth-order valence-electron chi connectivity index (χ4n) is 2.35. The number of rotatable bonds is 5. The van der Waals surface area contributed by atoms with E-state index < -0.39 is 0 Å². The summed E-state index contributed by atoms with van der Waals surface area (Å²) in [5.41, 5.74) is 3.50. The van der Waals surface area contributed by atoms with Gasteiger partial charge < -0.3 is 5.32 Å². The van der Waals surface area contributed by atoms with Gasteiger partial charge in [0.2, 0.25) is 0 Å². The first-order chi connectivity index (χ1) is 10.0. The summed E-state index contributed by atoms with van der Waals surface area (Å²) in [4.78, 5) is 0. The van der Waals surface area contributed by atoms with Crippen molar-refractivity contribution in [2.75, 3.05) is 6.54 Å². The van der Waals surface area contributed by atoms with Crippen LogP contribution in [0.25, 0.3) is 0 Å². The zero-order valence-electron chi connectivity index (χ0n) is 12.1. The van der Waals surface area contributed by atoms with Gasteiger partial charge in [-0.05, 0) is 54.8 Å². The van der Waals surface area contributed by atoms with Gasteiger partial charge in [0.05, 0.1) is 6.04 Å². The Morgan fingerprint density at radius 3 is 2.57 bits per heavy atom. The third-order valence-electron chi connectivity index (χ3n) is 3.49. The Morgan fingerprint density at radius 1 is 1.14 bits per heavy atom. The van der Waals surface area contributed by atoms with E-state index in [9.17, 15) is 0 Å². The molecule has 0 radical (unpaired) electrons. The second-order valence-electron chi connectivity index (χ2n) is 5.01. The smallest absolute Gasteiger partial charge is 0.0594 e. The summed E-state index contributed by atoms with van der Waals surface area (Å²) < 4.78 is 1.10. The number of hydrogen-bond donors (Lipinski definition) is 1. The molecule has 4 heteroatoms. The summed E-state index contributed by atoms with van der Waals surface area (Å²) in [6.45, 7) is 5.20. The zero-order valence-corrected chi connectivity index (χ0v) is 15.2. The van der Waals surface area contributed by atoms with Gasteiger partial charge in [0.25, 0.3) is 0 Å². The van der Waals surface area contributed by atoms with Gasteiger partial charge in [-0.3, -0.25) is 0 Å². The molecule has 112 valence electrons. The lowest BCUT2D eigenvalue weighted by Crippen LogP contribution is -2.24. The molecule has 0 aliphatic heterocycles. The van der Waals surface area contributed by atoms with Gasteiger partial charge in [-0.2, -0.15) is 0 Å². The zero-order chi connectivity index (χ0) is 15.4. The van der Waals surface area contributed by atoms with Crippen molar-refractivity contribution in [2.24, 2.45) is 0 Å². The van der Waals surface area contributed by atoms with Crippen LogP contribution in [0.5, 0.6) is 0 Å². The molecule has 0 amide bonds. The maximum Gasteiger partial charge on any atom is 0.0594 e. The van der Waals surface area contributed by atoms with Gasteiger partial charge in [-0.15, -0.1) is 0 Å². The normalized spacial score (nSPS) is 12.4. The molecule has 2 aromatic carbocycles. The van der Waals surface area contributed by atoms with Crippen molar-refractivity contribution < 1.29 is 0 Å². The molecule has 1 N–H and O–H groups in total. The molecule has 0 bridgehead atoms. The lowest BCUT2D eigenvalue weighted by atomic mass is 9.95. The van der Waals surface area contributed by atoms with Crippen LogP contribution in [-0.4, -0.2) is 6.54 Å². The van der Waals surface area contributed by atoms with Crippen molar-refractivity contribution in [3.63, 3.8) is 0 Å². The van der Waals surface area contributed by atoms with Crippen LogP contribution in [0, 0.1) is 6.92 Å². The van der Waals surface area contributed by atoms with Crippen LogP contribution in [0.15, 0.2) is 40.9 Å². The van der Waals surface area contributed by atoms with Crippen LogP contribution in [0.2, 0.25) is 10.0 Å². The Labute approximate surface area is 144 Å². The van der Waals surface area contributed by atoms with Crippen LogP contribution < -0.4 is 5.32 Å². The molecule has 2 aromatic rings. The standard InChI is InChI=1S/C17H18BrCl2N/c1-3-9-21-17(13-5-4-6-15(18)11(13)2)14-8-7-12(19)10-16(14)20/h4-8,10,17,21H,3,9H2,1-2H3. The highest BCUT2D eigenvalue weighted by atomic mass is 79.9. The molecule has 0 aliphatic rings. The van der Waals surface area contributed by atoms with Crippen molar-refractivity contribution in [1.82, 2.24) is 5.32 Å². The molecular formula is C17H18BrCl2N. The van der Waals surface area contributed by atoms with E-state index in [1.165, 1.54) is 11.1 Å². The highest BCUT2D eigenvalue weighted by Crippen LogP contribution is 2.33. The Kier molecular flexibility index (Phi) is 6.12. The van der Waals surface area contributed by atoms with Crippen LogP contribution in [0.4, 0.5) is 0 Å². The quantitative estimate of drug-likeness (QED) is 0.649. The van der Waals surface area contributed by atoms with E-state index in [4.69, 9.17) is 23.2 Å². The minimum absolute atomic E-state index is 0.0622. The average Bonchev–Trinajstić information content (AvgIpc) is 2.45. The number of halogens is 3. The Morgan fingerprint density at radius 2 is 1.90 bits per heavy atom. The molecule has 0 aromatic heterocycles. The molecule has 0 saturated heterocycles. The monoisotopic (exact) mass is 385 g/mol. The van der Waals surface area contributed by atoms with Gasteiger partial charge >= 0.3 is 0 Å². The largest absolute Gasteiger partial charge is 0.306 e. The van der Waals surface area contributed by atoms with E-state index in [0.717, 1.165) is 23.0 Å². The van der Waals surface area contributed by atoms with Gasteiger partial charge in [0.1, 0.15) is 0 Å². The van der Waals surface area contributed by atoms with E-state index in [0.29, 0.717) is 10.0 Å². The number of hydrogen-bond acceptors (Lipinski definition) is 1. The minimum atomic E-state index is 0.0622. The first-order valence-corrected chi connectivity index (χ1v) is 8.52. The van der Waals surface area contributed by atoms with Gasteiger partial charge in [-0.1, -0.05) is 64.3 Å². The van der Waals surface area contributed by atoms with Gasteiger partial charge in [-0.25, -0.2) is 0 Å².